The summed E-state index contributed by atoms with van der Waals surface area (Å²) in [6.07, 6.45) is 3.60. The Labute approximate surface area is 105 Å². The topological polar surface area (TPSA) is 47.6 Å². The molecule has 1 unspecified atom stereocenters. The van der Waals surface area contributed by atoms with Crippen molar-refractivity contribution in [2.24, 2.45) is 5.92 Å². The Bertz CT molecular complexity index is 186. The summed E-state index contributed by atoms with van der Waals surface area (Å²) in [4.78, 5) is 10.5. The van der Waals surface area contributed by atoms with Gasteiger partial charge in [0.05, 0.1) is 19.8 Å². The number of amides is 1. The maximum absolute atomic E-state index is 10.5. The number of ether oxygens (including phenoxy) is 2. The van der Waals surface area contributed by atoms with Gasteiger partial charge in [-0.3, -0.25) is 4.79 Å². The van der Waals surface area contributed by atoms with E-state index < -0.39 is 0 Å². The van der Waals surface area contributed by atoms with Crippen molar-refractivity contribution in [2.45, 2.75) is 40.0 Å². The highest BCUT2D eigenvalue weighted by Crippen LogP contribution is 2.08. The molecule has 1 N–H and O–H groups in total. The molecule has 0 radical (unpaired) electrons. The molecule has 0 fully saturated rings. The normalized spacial score (nSPS) is 12.4. The number of hydrogen-bond donors (Lipinski definition) is 1. The molecule has 0 spiro atoms. The van der Waals surface area contributed by atoms with E-state index in [4.69, 9.17) is 9.47 Å². The van der Waals surface area contributed by atoms with Gasteiger partial charge in [-0.15, -0.1) is 0 Å². The standard InChI is InChI=1S/C13H27NO3/c1-4-12(2)6-5-8-16-10-11-17-9-7-14-13(3)15/h12H,4-11H2,1-3H3,(H,14,15). The van der Waals surface area contributed by atoms with Crippen LogP contribution in [0.4, 0.5) is 0 Å². The third-order valence-corrected chi connectivity index (χ3v) is 2.67. The van der Waals surface area contributed by atoms with Gasteiger partial charge in [0.2, 0.25) is 5.91 Å². The molecule has 4 heteroatoms. The molecular formula is C13H27NO3. The van der Waals surface area contributed by atoms with E-state index in [0.29, 0.717) is 26.4 Å². The molecule has 0 aliphatic heterocycles. The smallest absolute Gasteiger partial charge is 0.216 e. The zero-order chi connectivity index (χ0) is 12.9. The van der Waals surface area contributed by atoms with E-state index >= 15 is 0 Å². The minimum Gasteiger partial charge on any atom is -0.379 e. The van der Waals surface area contributed by atoms with Crippen LogP contribution >= 0.6 is 0 Å². The Hall–Kier alpha value is -0.610. The van der Waals surface area contributed by atoms with Crippen LogP contribution in [-0.2, 0) is 14.3 Å². The predicted octanol–water partition coefficient (Wildman–Crippen LogP) is 1.98. The summed E-state index contributed by atoms with van der Waals surface area (Å²) in [5.74, 6) is 0.780. The quantitative estimate of drug-likeness (QED) is 0.566. The number of rotatable bonds is 11. The molecule has 102 valence electrons. The van der Waals surface area contributed by atoms with Crippen molar-refractivity contribution >= 4 is 5.91 Å². The van der Waals surface area contributed by atoms with Gasteiger partial charge in [-0.1, -0.05) is 20.3 Å². The fourth-order valence-corrected chi connectivity index (χ4v) is 1.36. The molecule has 0 saturated carbocycles. The van der Waals surface area contributed by atoms with Gasteiger partial charge in [0.15, 0.2) is 0 Å². The van der Waals surface area contributed by atoms with Crippen molar-refractivity contribution < 1.29 is 14.3 Å². The number of hydrogen-bond acceptors (Lipinski definition) is 3. The molecule has 0 aliphatic rings. The van der Waals surface area contributed by atoms with Crippen LogP contribution in [0.25, 0.3) is 0 Å². The molecule has 0 heterocycles. The van der Waals surface area contributed by atoms with Crippen molar-refractivity contribution in [3.8, 4) is 0 Å². The monoisotopic (exact) mass is 245 g/mol. The van der Waals surface area contributed by atoms with E-state index in [0.717, 1.165) is 18.9 Å². The molecule has 0 bridgehead atoms. The predicted molar refractivity (Wildman–Crippen MR) is 69.0 cm³/mol. The van der Waals surface area contributed by atoms with E-state index in [1.807, 2.05) is 0 Å². The van der Waals surface area contributed by atoms with Gasteiger partial charge < -0.3 is 14.8 Å². The van der Waals surface area contributed by atoms with E-state index in [1.165, 1.54) is 19.8 Å². The van der Waals surface area contributed by atoms with Crippen molar-refractivity contribution in [2.75, 3.05) is 33.0 Å². The van der Waals surface area contributed by atoms with Gasteiger partial charge in [-0.05, 0) is 18.8 Å². The first-order valence-electron chi connectivity index (χ1n) is 6.56. The van der Waals surface area contributed by atoms with Gasteiger partial charge in [-0.25, -0.2) is 0 Å². The van der Waals surface area contributed by atoms with Gasteiger partial charge in [0, 0.05) is 20.1 Å². The van der Waals surface area contributed by atoms with Gasteiger partial charge >= 0.3 is 0 Å². The highest BCUT2D eigenvalue weighted by molar-refractivity contribution is 5.72. The summed E-state index contributed by atoms with van der Waals surface area (Å²) in [5.41, 5.74) is 0. The zero-order valence-electron chi connectivity index (χ0n) is 11.5. The molecule has 0 rings (SSSR count). The molecule has 0 aliphatic carbocycles. The van der Waals surface area contributed by atoms with Gasteiger partial charge in [-0.2, -0.15) is 0 Å². The number of nitrogens with one attached hydrogen (secondary N) is 1. The maximum atomic E-state index is 10.5. The lowest BCUT2D eigenvalue weighted by molar-refractivity contribution is -0.119. The molecule has 1 amide bonds. The molecule has 0 aromatic carbocycles. The summed E-state index contributed by atoms with van der Waals surface area (Å²) in [5, 5.41) is 2.67. The van der Waals surface area contributed by atoms with Gasteiger partial charge in [0.25, 0.3) is 0 Å². The van der Waals surface area contributed by atoms with Crippen LogP contribution in [0.3, 0.4) is 0 Å². The Morgan fingerprint density at radius 2 is 1.82 bits per heavy atom. The summed E-state index contributed by atoms with van der Waals surface area (Å²) >= 11 is 0. The lowest BCUT2D eigenvalue weighted by Crippen LogP contribution is -2.24. The largest absolute Gasteiger partial charge is 0.379 e. The SMILES string of the molecule is CCC(C)CCCOCCOCCNC(C)=O. The van der Waals surface area contributed by atoms with Crippen LogP contribution in [0.2, 0.25) is 0 Å². The average molecular weight is 245 g/mol. The molecular weight excluding hydrogens is 218 g/mol. The van der Waals surface area contributed by atoms with Crippen molar-refractivity contribution in [3.05, 3.63) is 0 Å². The van der Waals surface area contributed by atoms with Crippen LogP contribution in [0.5, 0.6) is 0 Å². The van der Waals surface area contributed by atoms with Crippen LogP contribution in [0.15, 0.2) is 0 Å². The first kappa shape index (κ1) is 16.4. The second-order valence-electron chi connectivity index (χ2n) is 4.36. The Morgan fingerprint density at radius 3 is 2.41 bits per heavy atom. The van der Waals surface area contributed by atoms with E-state index in [1.54, 1.807) is 0 Å². The van der Waals surface area contributed by atoms with E-state index in [9.17, 15) is 4.79 Å². The fourth-order valence-electron chi connectivity index (χ4n) is 1.36. The molecule has 1 atom stereocenters. The Kier molecular flexibility index (Phi) is 11.4. The van der Waals surface area contributed by atoms with Crippen LogP contribution in [0.1, 0.15) is 40.0 Å². The Morgan fingerprint density at radius 1 is 1.18 bits per heavy atom. The minimum absolute atomic E-state index is 0.0186. The zero-order valence-corrected chi connectivity index (χ0v) is 11.5. The fraction of sp³-hybridized carbons (Fsp3) is 0.923. The Balaban J connectivity index is 3.01. The maximum Gasteiger partial charge on any atom is 0.216 e. The van der Waals surface area contributed by atoms with Crippen molar-refractivity contribution in [1.82, 2.24) is 5.32 Å². The van der Waals surface area contributed by atoms with E-state index in [2.05, 4.69) is 19.2 Å². The third kappa shape index (κ3) is 13.3. The number of carbonyl (C=O) groups excluding carboxylic acids is 1. The average Bonchev–Trinajstić information content (AvgIpc) is 2.30. The highest BCUT2D eigenvalue weighted by atomic mass is 16.5. The van der Waals surface area contributed by atoms with Gasteiger partial charge in [0.1, 0.15) is 0 Å². The second kappa shape index (κ2) is 11.9. The van der Waals surface area contributed by atoms with E-state index in [-0.39, 0.29) is 5.91 Å². The summed E-state index contributed by atoms with van der Waals surface area (Å²) in [6.45, 7) is 9.17. The summed E-state index contributed by atoms with van der Waals surface area (Å²) in [6, 6.07) is 0. The second-order valence-corrected chi connectivity index (χ2v) is 4.36. The third-order valence-electron chi connectivity index (χ3n) is 2.67. The highest BCUT2D eigenvalue weighted by Gasteiger charge is 1.98. The van der Waals surface area contributed by atoms with Crippen LogP contribution in [-0.4, -0.2) is 38.9 Å². The van der Waals surface area contributed by atoms with Crippen LogP contribution in [0, 0.1) is 5.92 Å². The first-order valence-corrected chi connectivity index (χ1v) is 6.56. The molecule has 17 heavy (non-hydrogen) atoms. The van der Waals surface area contributed by atoms with Crippen LogP contribution < -0.4 is 5.32 Å². The van der Waals surface area contributed by atoms with Crippen molar-refractivity contribution in [1.29, 1.82) is 0 Å². The molecule has 0 saturated heterocycles. The molecule has 4 nitrogen and oxygen atoms in total. The van der Waals surface area contributed by atoms with Crippen molar-refractivity contribution in [3.63, 3.8) is 0 Å². The molecule has 0 aromatic rings. The lowest BCUT2D eigenvalue weighted by Gasteiger charge is -2.08. The summed E-state index contributed by atoms with van der Waals surface area (Å²) in [7, 11) is 0. The number of carbonyl (C=O) groups is 1. The minimum atomic E-state index is -0.0186. The molecule has 0 aromatic heterocycles. The lowest BCUT2D eigenvalue weighted by atomic mass is 10.0. The summed E-state index contributed by atoms with van der Waals surface area (Å²) < 4.78 is 10.7. The first-order chi connectivity index (χ1) is 8.16.